The monoisotopic (exact) mass is 281 g/mol. The molecule has 7 heteroatoms. The lowest BCUT2D eigenvalue weighted by molar-refractivity contribution is 0.0690. The van der Waals surface area contributed by atoms with Gasteiger partial charge in [-0.25, -0.2) is 14.8 Å². The predicted octanol–water partition coefficient (Wildman–Crippen LogP) is 2.49. The molecule has 0 aliphatic carbocycles. The summed E-state index contributed by atoms with van der Waals surface area (Å²) < 4.78 is 5.07. The van der Waals surface area contributed by atoms with E-state index in [0.29, 0.717) is 5.75 Å². The largest absolute Gasteiger partial charge is 0.477 e. The Morgan fingerprint density at radius 3 is 2.94 bits per heavy atom. The summed E-state index contributed by atoms with van der Waals surface area (Å²) >= 11 is 2.88. The van der Waals surface area contributed by atoms with Gasteiger partial charge in [0.2, 0.25) is 0 Å². The van der Waals surface area contributed by atoms with Crippen molar-refractivity contribution in [3.05, 3.63) is 35.4 Å². The zero-order valence-electron chi connectivity index (χ0n) is 9.66. The number of carboxylic acids is 1. The Labute approximate surface area is 112 Å². The molecule has 2 rings (SSSR count). The summed E-state index contributed by atoms with van der Waals surface area (Å²) in [5.41, 5.74) is 0.799. The van der Waals surface area contributed by atoms with E-state index in [1.165, 1.54) is 29.4 Å². The second-order valence-electron chi connectivity index (χ2n) is 3.44. The molecule has 0 spiro atoms. The molecular formula is C11H11N3O2S2. The molecule has 0 aromatic carbocycles. The minimum Gasteiger partial charge on any atom is -0.477 e. The zero-order chi connectivity index (χ0) is 13.0. The van der Waals surface area contributed by atoms with E-state index in [-0.39, 0.29) is 5.69 Å². The van der Waals surface area contributed by atoms with E-state index in [4.69, 9.17) is 5.11 Å². The van der Waals surface area contributed by atoms with Crippen LogP contribution in [0.15, 0.2) is 22.5 Å². The Balaban J connectivity index is 2.01. The molecule has 2 aromatic rings. The first-order valence-corrected chi connectivity index (χ1v) is 7.09. The lowest BCUT2D eigenvalue weighted by Crippen LogP contribution is -2.01. The van der Waals surface area contributed by atoms with Gasteiger partial charge in [0, 0.05) is 12.2 Å². The number of thioether (sulfide) groups is 1. The number of nitrogens with zero attached hydrogens (tertiary/aromatic N) is 3. The van der Waals surface area contributed by atoms with Gasteiger partial charge in [-0.05, 0) is 23.7 Å². The van der Waals surface area contributed by atoms with E-state index in [1.807, 2.05) is 6.92 Å². The first-order chi connectivity index (χ1) is 8.69. The number of pyridine rings is 1. The molecule has 2 aromatic heterocycles. The van der Waals surface area contributed by atoms with Gasteiger partial charge in [0.25, 0.3) is 0 Å². The number of carboxylic acid groups (broad SMARTS) is 1. The molecule has 0 atom stereocenters. The van der Waals surface area contributed by atoms with Crippen LogP contribution in [0.1, 0.15) is 28.9 Å². The average molecular weight is 281 g/mol. The van der Waals surface area contributed by atoms with Gasteiger partial charge >= 0.3 is 5.97 Å². The molecule has 5 nitrogen and oxygen atoms in total. The third-order valence-electron chi connectivity index (χ3n) is 2.14. The van der Waals surface area contributed by atoms with Crippen LogP contribution in [-0.4, -0.2) is 25.4 Å². The van der Waals surface area contributed by atoms with Gasteiger partial charge < -0.3 is 5.11 Å². The van der Waals surface area contributed by atoms with Crippen LogP contribution in [0, 0.1) is 0 Å². The predicted molar refractivity (Wildman–Crippen MR) is 70.0 cm³/mol. The fourth-order valence-electron chi connectivity index (χ4n) is 1.25. The van der Waals surface area contributed by atoms with Crippen molar-refractivity contribution in [1.82, 2.24) is 14.3 Å². The van der Waals surface area contributed by atoms with Crippen molar-refractivity contribution in [2.24, 2.45) is 0 Å². The van der Waals surface area contributed by atoms with Gasteiger partial charge in [-0.3, -0.25) is 0 Å². The van der Waals surface area contributed by atoms with Crippen molar-refractivity contribution in [3.8, 4) is 0 Å². The molecule has 0 saturated carbocycles. The zero-order valence-corrected chi connectivity index (χ0v) is 11.3. The van der Waals surface area contributed by atoms with Crippen LogP contribution in [0.3, 0.4) is 0 Å². The molecule has 0 bridgehead atoms. The Kier molecular flexibility index (Phi) is 4.27. The highest BCUT2D eigenvalue weighted by molar-refractivity contribution is 8.00. The Morgan fingerprint density at radius 1 is 1.44 bits per heavy atom. The average Bonchev–Trinajstić information content (AvgIpc) is 2.84. The van der Waals surface area contributed by atoms with Gasteiger partial charge in [0.1, 0.15) is 11.5 Å². The molecule has 0 radical (unpaired) electrons. The van der Waals surface area contributed by atoms with E-state index in [1.54, 1.807) is 12.1 Å². The van der Waals surface area contributed by atoms with Crippen LogP contribution in [0.4, 0.5) is 0 Å². The summed E-state index contributed by atoms with van der Waals surface area (Å²) in [7, 11) is 0. The van der Waals surface area contributed by atoms with Gasteiger partial charge in [-0.15, -0.1) is 0 Å². The van der Waals surface area contributed by atoms with Gasteiger partial charge in [0.05, 0.1) is 5.69 Å². The molecule has 0 saturated heterocycles. The first-order valence-electron chi connectivity index (χ1n) is 5.33. The summed E-state index contributed by atoms with van der Waals surface area (Å²) in [6.45, 7) is 2.01. The van der Waals surface area contributed by atoms with Gasteiger partial charge in [-0.1, -0.05) is 24.8 Å². The van der Waals surface area contributed by atoms with Gasteiger partial charge in [-0.2, -0.15) is 4.37 Å². The number of rotatable bonds is 5. The van der Waals surface area contributed by atoms with Gasteiger partial charge in [0.15, 0.2) is 4.34 Å². The topological polar surface area (TPSA) is 76.0 Å². The molecule has 94 valence electrons. The van der Waals surface area contributed by atoms with E-state index < -0.39 is 5.97 Å². The first kappa shape index (κ1) is 13.0. The summed E-state index contributed by atoms with van der Waals surface area (Å²) in [6, 6.07) is 4.99. The summed E-state index contributed by atoms with van der Waals surface area (Å²) in [4.78, 5) is 19.2. The standard InChI is InChI=1S/C11H11N3O2S2/c1-2-9-13-11(18-14-9)17-6-7-4-3-5-8(12-7)10(15)16/h3-5H,2,6H2,1H3,(H,15,16). The quantitative estimate of drug-likeness (QED) is 0.849. The maximum Gasteiger partial charge on any atom is 0.354 e. The minimum atomic E-state index is -1.01. The SMILES string of the molecule is CCc1nsc(SCc2cccc(C(=O)O)n2)n1. The number of hydrogen-bond donors (Lipinski definition) is 1. The Hall–Kier alpha value is -1.47. The Bertz CT molecular complexity index is 557. The van der Waals surface area contributed by atoms with Crippen molar-refractivity contribution in [1.29, 1.82) is 0 Å². The number of carbonyl (C=O) groups is 1. The lowest BCUT2D eigenvalue weighted by atomic mass is 10.3. The van der Waals surface area contributed by atoms with Crippen LogP contribution >= 0.6 is 23.3 Å². The molecule has 0 amide bonds. The fraction of sp³-hybridized carbons (Fsp3) is 0.273. The Morgan fingerprint density at radius 2 is 2.28 bits per heavy atom. The molecule has 1 N–H and O–H groups in total. The normalized spacial score (nSPS) is 10.5. The summed E-state index contributed by atoms with van der Waals surface area (Å²) in [5, 5.41) is 8.84. The third kappa shape index (κ3) is 3.27. The molecule has 18 heavy (non-hydrogen) atoms. The number of aromatic nitrogens is 3. The van der Waals surface area contributed by atoms with Crippen molar-refractivity contribution in [3.63, 3.8) is 0 Å². The van der Waals surface area contributed by atoms with Crippen LogP contribution in [-0.2, 0) is 12.2 Å². The van der Waals surface area contributed by atoms with Crippen molar-refractivity contribution >= 4 is 29.3 Å². The van der Waals surface area contributed by atoms with Crippen LogP contribution in [0.25, 0.3) is 0 Å². The van der Waals surface area contributed by atoms with Crippen molar-refractivity contribution < 1.29 is 9.90 Å². The fourth-order valence-corrected chi connectivity index (χ4v) is 2.86. The molecule has 0 fully saturated rings. The highest BCUT2D eigenvalue weighted by Crippen LogP contribution is 2.23. The maximum atomic E-state index is 10.8. The van der Waals surface area contributed by atoms with Crippen molar-refractivity contribution in [2.45, 2.75) is 23.4 Å². The second-order valence-corrected chi connectivity index (χ2v) is 5.41. The second kappa shape index (κ2) is 5.92. The molecule has 0 unspecified atom stereocenters. The van der Waals surface area contributed by atoms with Crippen LogP contribution in [0.5, 0.6) is 0 Å². The lowest BCUT2D eigenvalue weighted by Gasteiger charge is -1.99. The smallest absolute Gasteiger partial charge is 0.354 e. The van der Waals surface area contributed by atoms with Crippen molar-refractivity contribution in [2.75, 3.05) is 0 Å². The molecule has 2 heterocycles. The maximum absolute atomic E-state index is 10.8. The van der Waals surface area contributed by atoms with E-state index in [2.05, 4.69) is 14.3 Å². The summed E-state index contributed by atoms with van der Waals surface area (Å²) in [5.74, 6) is 0.431. The minimum absolute atomic E-state index is 0.0691. The molecule has 0 aliphatic heterocycles. The van der Waals surface area contributed by atoms with Crippen LogP contribution in [0.2, 0.25) is 0 Å². The van der Waals surface area contributed by atoms with E-state index >= 15 is 0 Å². The summed E-state index contributed by atoms with van der Waals surface area (Å²) in [6.07, 6.45) is 0.823. The highest BCUT2D eigenvalue weighted by atomic mass is 32.2. The van der Waals surface area contributed by atoms with E-state index in [0.717, 1.165) is 22.3 Å². The molecule has 0 aliphatic rings. The molecular weight excluding hydrogens is 270 g/mol. The highest BCUT2D eigenvalue weighted by Gasteiger charge is 2.07. The number of aryl methyl sites for hydroxylation is 1. The third-order valence-corrected chi connectivity index (χ3v) is 4.04. The van der Waals surface area contributed by atoms with E-state index in [9.17, 15) is 4.79 Å². The number of aromatic carboxylic acids is 1. The number of hydrogen-bond acceptors (Lipinski definition) is 6. The van der Waals surface area contributed by atoms with Crippen LogP contribution < -0.4 is 0 Å².